The maximum absolute atomic E-state index is 12.3. The number of aryl methyl sites for hydroxylation is 1. The van der Waals surface area contributed by atoms with E-state index in [0.717, 1.165) is 5.69 Å². The van der Waals surface area contributed by atoms with Gasteiger partial charge in [0.15, 0.2) is 0 Å². The molecule has 1 atom stereocenters. The van der Waals surface area contributed by atoms with Gasteiger partial charge >= 0.3 is 5.97 Å². The summed E-state index contributed by atoms with van der Waals surface area (Å²) in [6.45, 7) is 4.49. The molecule has 0 spiro atoms. The van der Waals surface area contributed by atoms with E-state index in [-0.39, 0.29) is 12.5 Å². The van der Waals surface area contributed by atoms with E-state index < -0.39 is 11.4 Å². The maximum Gasteiger partial charge on any atom is 0.311 e. The topological polar surface area (TPSA) is 70.5 Å². The molecule has 1 aliphatic rings. The Kier molecular flexibility index (Phi) is 3.55. The highest BCUT2D eigenvalue weighted by Gasteiger charge is 2.44. The van der Waals surface area contributed by atoms with Crippen LogP contribution in [0.25, 0.3) is 0 Å². The molecule has 0 aromatic carbocycles. The zero-order valence-corrected chi connectivity index (χ0v) is 11.2. The van der Waals surface area contributed by atoms with Crippen molar-refractivity contribution >= 4 is 11.9 Å². The lowest BCUT2D eigenvalue weighted by molar-refractivity contribution is -0.148. The number of carboxylic acid groups (broad SMARTS) is 1. The number of aliphatic carboxylic acids is 1. The fourth-order valence-corrected chi connectivity index (χ4v) is 2.44. The number of carbonyl (C=O) groups is 2. The van der Waals surface area contributed by atoms with Crippen molar-refractivity contribution in [3.05, 3.63) is 29.6 Å². The zero-order valence-electron chi connectivity index (χ0n) is 11.2. The number of hydrogen-bond donors (Lipinski definition) is 1. The molecule has 102 valence electrons. The van der Waals surface area contributed by atoms with E-state index in [4.69, 9.17) is 0 Å². The molecule has 1 fully saturated rings. The number of hydrogen-bond acceptors (Lipinski definition) is 3. The van der Waals surface area contributed by atoms with Crippen molar-refractivity contribution in [2.75, 3.05) is 13.1 Å². The summed E-state index contributed by atoms with van der Waals surface area (Å²) in [6, 6.07) is 3.52. The third kappa shape index (κ3) is 2.45. The van der Waals surface area contributed by atoms with Gasteiger partial charge in [0.2, 0.25) is 0 Å². The molecule has 1 N–H and O–H groups in total. The van der Waals surface area contributed by atoms with Gasteiger partial charge in [-0.25, -0.2) is 0 Å². The molecule has 1 amide bonds. The Morgan fingerprint density at radius 3 is 2.68 bits per heavy atom. The van der Waals surface area contributed by atoms with E-state index in [0.29, 0.717) is 24.9 Å². The highest BCUT2D eigenvalue weighted by atomic mass is 16.4. The first-order valence-corrected chi connectivity index (χ1v) is 6.44. The van der Waals surface area contributed by atoms with Crippen molar-refractivity contribution in [1.82, 2.24) is 9.88 Å². The number of pyridine rings is 1. The molecule has 1 saturated heterocycles. The minimum atomic E-state index is -0.813. The molecule has 5 nitrogen and oxygen atoms in total. The van der Waals surface area contributed by atoms with Gasteiger partial charge in [-0.1, -0.05) is 6.92 Å². The van der Waals surface area contributed by atoms with E-state index in [1.54, 1.807) is 23.2 Å². The average molecular weight is 262 g/mol. The van der Waals surface area contributed by atoms with Gasteiger partial charge in [0, 0.05) is 25.0 Å². The van der Waals surface area contributed by atoms with Crippen molar-refractivity contribution in [3.63, 3.8) is 0 Å². The second-order valence-corrected chi connectivity index (χ2v) is 5.10. The number of aromatic nitrogens is 1. The van der Waals surface area contributed by atoms with Gasteiger partial charge < -0.3 is 10.0 Å². The van der Waals surface area contributed by atoms with Crippen LogP contribution in [0.5, 0.6) is 0 Å². The lowest BCUT2D eigenvalue weighted by Crippen LogP contribution is -2.36. The van der Waals surface area contributed by atoms with E-state index in [9.17, 15) is 14.7 Å². The van der Waals surface area contributed by atoms with Crippen LogP contribution < -0.4 is 0 Å². The molecule has 0 bridgehead atoms. The molecule has 2 rings (SSSR count). The lowest BCUT2D eigenvalue weighted by Gasteiger charge is -2.23. The molecule has 1 aromatic rings. The Morgan fingerprint density at radius 2 is 2.21 bits per heavy atom. The second kappa shape index (κ2) is 4.99. The van der Waals surface area contributed by atoms with Crippen molar-refractivity contribution in [2.45, 2.75) is 26.7 Å². The number of carbonyl (C=O) groups excluding carboxylic acids is 1. The third-order valence-corrected chi connectivity index (χ3v) is 3.93. The SMILES string of the molecule is CCC1(C(=O)O)CCN(C(=O)c2ccc(C)nc2)C1. The van der Waals surface area contributed by atoms with Crippen LogP contribution in [0.1, 0.15) is 35.8 Å². The van der Waals surface area contributed by atoms with Crippen LogP contribution in [-0.2, 0) is 4.79 Å². The first kappa shape index (κ1) is 13.5. The summed E-state index contributed by atoms with van der Waals surface area (Å²) < 4.78 is 0. The predicted molar refractivity (Wildman–Crippen MR) is 69.9 cm³/mol. The molecule has 1 aliphatic heterocycles. The fraction of sp³-hybridized carbons (Fsp3) is 0.500. The van der Waals surface area contributed by atoms with Gasteiger partial charge in [-0.15, -0.1) is 0 Å². The Balaban J connectivity index is 2.14. The maximum atomic E-state index is 12.3. The van der Waals surface area contributed by atoms with E-state index >= 15 is 0 Å². The molecule has 19 heavy (non-hydrogen) atoms. The quantitative estimate of drug-likeness (QED) is 0.900. The summed E-state index contributed by atoms with van der Waals surface area (Å²) >= 11 is 0. The number of rotatable bonds is 3. The summed E-state index contributed by atoms with van der Waals surface area (Å²) in [7, 11) is 0. The number of amides is 1. The van der Waals surface area contributed by atoms with Crippen LogP contribution >= 0.6 is 0 Å². The monoisotopic (exact) mass is 262 g/mol. The minimum Gasteiger partial charge on any atom is -0.481 e. The molecule has 1 unspecified atom stereocenters. The molecule has 5 heteroatoms. The Labute approximate surface area is 112 Å². The summed E-state index contributed by atoms with van der Waals surface area (Å²) in [5, 5.41) is 9.32. The van der Waals surface area contributed by atoms with Crippen molar-refractivity contribution in [3.8, 4) is 0 Å². The van der Waals surface area contributed by atoms with Crippen LogP contribution in [0, 0.1) is 12.3 Å². The largest absolute Gasteiger partial charge is 0.481 e. The van der Waals surface area contributed by atoms with Crippen LogP contribution in [0.3, 0.4) is 0 Å². The molecule has 0 saturated carbocycles. The van der Waals surface area contributed by atoms with Crippen LogP contribution in [-0.4, -0.2) is 40.0 Å². The zero-order chi connectivity index (χ0) is 14.0. The first-order valence-electron chi connectivity index (χ1n) is 6.44. The summed E-state index contributed by atoms with van der Waals surface area (Å²) in [4.78, 5) is 29.3. The highest BCUT2D eigenvalue weighted by Crippen LogP contribution is 2.34. The van der Waals surface area contributed by atoms with Gasteiger partial charge in [-0.3, -0.25) is 14.6 Å². The molecule has 1 aromatic heterocycles. The number of likely N-dealkylation sites (tertiary alicyclic amines) is 1. The second-order valence-electron chi connectivity index (χ2n) is 5.10. The molecule has 2 heterocycles. The smallest absolute Gasteiger partial charge is 0.311 e. The Morgan fingerprint density at radius 1 is 1.47 bits per heavy atom. The predicted octanol–water partition coefficient (Wildman–Crippen LogP) is 1.72. The molecule has 0 aliphatic carbocycles. The van der Waals surface area contributed by atoms with E-state index in [1.807, 2.05) is 13.8 Å². The van der Waals surface area contributed by atoms with Crippen LogP contribution in [0.15, 0.2) is 18.3 Å². The number of nitrogens with zero attached hydrogens (tertiary/aromatic N) is 2. The van der Waals surface area contributed by atoms with Gasteiger partial charge in [0.25, 0.3) is 5.91 Å². The van der Waals surface area contributed by atoms with E-state index in [1.165, 1.54) is 0 Å². The lowest BCUT2D eigenvalue weighted by atomic mass is 9.84. The highest BCUT2D eigenvalue weighted by molar-refractivity contribution is 5.94. The first-order chi connectivity index (χ1) is 8.98. The normalized spacial score (nSPS) is 22.5. The average Bonchev–Trinajstić information content (AvgIpc) is 2.84. The molecular formula is C14H18N2O3. The summed E-state index contributed by atoms with van der Waals surface area (Å²) in [6.07, 6.45) is 2.60. The Bertz CT molecular complexity index is 498. The van der Waals surface area contributed by atoms with Gasteiger partial charge in [0.05, 0.1) is 11.0 Å². The van der Waals surface area contributed by atoms with Crippen molar-refractivity contribution in [2.24, 2.45) is 5.41 Å². The van der Waals surface area contributed by atoms with Crippen molar-refractivity contribution in [1.29, 1.82) is 0 Å². The van der Waals surface area contributed by atoms with Gasteiger partial charge in [-0.05, 0) is 31.9 Å². The van der Waals surface area contributed by atoms with Crippen LogP contribution in [0.2, 0.25) is 0 Å². The van der Waals surface area contributed by atoms with Crippen LogP contribution in [0.4, 0.5) is 0 Å². The van der Waals surface area contributed by atoms with Gasteiger partial charge in [-0.2, -0.15) is 0 Å². The van der Waals surface area contributed by atoms with Gasteiger partial charge in [0.1, 0.15) is 0 Å². The number of carboxylic acids is 1. The summed E-state index contributed by atoms with van der Waals surface area (Å²) in [5.74, 6) is -0.948. The van der Waals surface area contributed by atoms with Crippen molar-refractivity contribution < 1.29 is 14.7 Å². The third-order valence-electron chi connectivity index (χ3n) is 3.93. The molecular weight excluding hydrogens is 244 g/mol. The Hall–Kier alpha value is -1.91. The standard InChI is InChI=1S/C14H18N2O3/c1-3-14(13(18)19)6-7-16(9-14)12(17)11-5-4-10(2)15-8-11/h4-5,8H,3,6-7,9H2,1-2H3,(H,18,19). The molecule has 0 radical (unpaired) electrons. The minimum absolute atomic E-state index is 0.135. The fourth-order valence-electron chi connectivity index (χ4n) is 2.44. The van der Waals surface area contributed by atoms with E-state index in [2.05, 4.69) is 4.98 Å². The summed E-state index contributed by atoms with van der Waals surface area (Å²) in [5.41, 5.74) is 0.586.